The van der Waals surface area contributed by atoms with Crippen molar-refractivity contribution in [1.82, 2.24) is 5.32 Å². The Morgan fingerprint density at radius 2 is 2.14 bits per heavy atom. The van der Waals surface area contributed by atoms with Gasteiger partial charge in [0.2, 0.25) is 0 Å². The van der Waals surface area contributed by atoms with Gasteiger partial charge in [-0.2, -0.15) is 0 Å². The van der Waals surface area contributed by atoms with Gasteiger partial charge in [0.1, 0.15) is 18.8 Å². The van der Waals surface area contributed by atoms with Gasteiger partial charge in [0, 0.05) is 5.56 Å². The first kappa shape index (κ1) is 16.4. The first-order chi connectivity index (χ1) is 10.6. The fraction of sp³-hybridized carbons (Fsp3) is 0.500. The van der Waals surface area contributed by atoms with Crippen molar-refractivity contribution in [1.29, 1.82) is 0 Å². The Hall–Kier alpha value is -1.95. The van der Waals surface area contributed by atoms with Gasteiger partial charge in [-0.3, -0.25) is 9.59 Å². The van der Waals surface area contributed by atoms with Crippen LogP contribution in [0.25, 0.3) is 0 Å². The zero-order valence-electron chi connectivity index (χ0n) is 12.7. The van der Waals surface area contributed by atoms with Crippen molar-refractivity contribution in [3.05, 3.63) is 35.6 Å². The van der Waals surface area contributed by atoms with Crippen molar-refractivity contribution in [3.8, 4) is 0 Å². The topological polar surface area (TPSA) is 59.8 Å². The molecule has 6 heteroatoms. The molecule has 1 unspecified atom stereocenters. The highest BCUT2D eigenvalue weighted by Crippen LogP contribution is 2.03. The summed E-state index contributed by atoms with van der Waals surface area (Å²) >= 11 is 0. The van der Waals surface area contributed by atoms with Crippen LogP contribution in [0.2, 0.25) is 0 Å². The van der Waals surface area contributed by atoms with Gasteiger partial charge < -0.3 is 15.0 Å². The summed E-state index contributed by atoms with van der Waals surface area (Å²) in [5.41, 5.74) is 0.943. The fourth-order valence-corrected chi connectivity index (χ4v) is 2.58. The summed E-state index contributed by atoms with van der Waals surface area (Å²) in [5.74, 6) is -0.757. The molecule has 2 rings (SSSR count). The van der Waals surface area contributed by atoms with Crippen LogP contribution in [-0.4, -0.2) is 37.6 Å². The molecule has 1 aliphatic heterocycles. The van der Waals surface area contributed by atoms with E-state index in [0.29, 0.717) is 19.7 Å². The predicted molar refractivity (Wildman–Crippen MR) is 78.6 cm³/mol. The van der Waals surface area contributed by atoms with Crippen LogP contribution < -0.4 is 10.2 Å². The Balaban J connectivity index is 2.01. The molecule has 0 spiro atoms. The molecule has 1 aromatic carbocycles. The Bertz CT molecular complexity index is 519. The van der Waals surface area contributed by atoms with Gasteiger partial charge in [-0.15, -0.1) is 0 Å². The highest BCUT2D eigenvalue weighted by Gasteiger charge is 2.35. The lowest BCUT2D eigenvalue weighted by atomic mass is 10.1. The Labute approximate surface area is 129 Å². The molecule has 120 valence electrons. The van der Waals surface area contributed by atoms with Crippen LogP contribution in [0.3, 0.4) is 0 Å². The lowest BCUT2D eigenvalue weighted by Crippen LogP contribution is -3.18. The van der Waals surface area contributed by atoms with E-state index in [-0.39, 0.29) is 24.1 Å². The van der Waals surface area contributed by atoms with E-state index in [4.69, 9.17) is 4.74 Å². The van der Waals surface area contributed by atoms with Crippen molar-refractivity contribution < 1.29 is 23.6 Å². The summed E-state index contributed by atoms with van der Waals surface area (Å²) in [6, 6.07) is 5.78. The van der Waals surface area contributed by atoms with Gasteiger partial charge in [-0.25, -0.2) is 4.39 Å². The number of piperazine rings is 1. The SMILES string of the molecule is CCCOC(=O)C[C@@H]1C(=O)NCC[NH+]1Cc1ccc(F)cc1. The zero-order valence-corrected chi connectivity index (χ0v) is 12.7. The number of halogens is 1. The molecule has 0 bridgehead atoms. The molecule has 0 aromatic heterocycles. The molecule has 1 heterocycles. The molecule has 2 N–H and O–H groups in total. The van der Waals surface area contributed by atoms with E-state index < -0.39 is 6.04 Å². The van der Waals surface area contributed by atoms with Gasteiger partial charge >= 0.3 is 5.97 Å². The summed E-state index contributed by atoms with van der Waals surface area (Å²) in [5, 5.41) is 2.79. The second-order valence-corrected chi connectivity index (χ2v) is 5.48. The van der Waals surface area contributed by atoms with Crippen LogP contribution in [0.4, 0.5) is 4.39 Å². The van der Waals surface area contributed by atoms with Crippen LogP contribution in [0, 0.1) is 5.82 Å². The third-order valence-electron chi connectivity index (χ3n) is 3.74. The first-order valence-electron chi connectivity index (χ1n) is 7.62. The third-order valence-corrected chi connectivity index (χ3v) is 3.74. The molecule has 2 atom stereocenters. The summed E-state index contributed by atoms with van der Waals surface area (Å²) in [4.78, 5) is 24.9. The average Bonchev–Trinajstić information content (AvgIpc) is 2.51. The Kier molecular flexibility index (Phi) is 5.89. The number of carbonyl (C=O) groups is 2. The fourth-order valence-electron chi connectivity index (χ4n) is 2.58. The van der Waals surface area contributed by atoms with Crippen LogP contribution in [0.1, 0.15) is 25.3 Å². The van der Waals surface area contributed by atoms with E-state index in [1.807, 2.05) is 6.92 Å². The second kappa shape index (κ2) is 7.89. The molecule has 5 nitrogen and oxygen atoms in total. The molecular weight excluding hydrogens is 287 g/mol. The summed E-state index contributed by atoms with van der Waals surface area (Å²) in [7, 11) is 0. The van der Waals surface area contributed by atoms with Gasteiger partial charge in [-0.05, 0) is 18.6 Å². The maximum Gasteiger partial charge on any atom is 0.312 e. The maximum absolute atomic E-state index is 13.0. The minimum Gasteiger partial charge on any atom is -0.466 e. The van der Waals surface area contributed by atoms with Gasteiger partial charge in [0.05, 0.1) is 19.7 Å². The van der Waals surface area contributed by atoms with Gasteiger partial charge in [-0.1, -0.05) is 19.1 Å². The molecule has 1 saturated heterocycles. The number of hydrogen-bond donors (Lipinski definition) is 2. The number of esters is 1. The lowest BCUT2D eigenvalue weighted by Gasteiger charge is -2.31. The summed E-state index contributed by atoms with van der Waals surface area (Å²) in [6.07, 6.45) is 0.830. The zero-order chi connectivity index (χ0) is 15.9. The van der Waals surface area contributed by atoms with Crippen molar-refractivity contribution in [2.24, 2.45) is 0 Å². The first-order valence-corrected chi connectivity index (χ1v) is 7.62. The highest BCUT2D eigenvalue weighted by atomic mass is 19.1. The van der Waals surface area contributed by atoms with E-state index in [0.717, 1.165) is 23.4 Å². The average molecular weight is 309 g/mol. The van der Waals surface area contributed by atoms with Gasteiger partial charge in [0.25, 0.3) is 5.91 Å². The third kappa shape index (κ3) is 4.53. The molecule has 0 saturated carbocycles. The van der Waals surface area contributed by atoms with Crippen molar-refractivity contribution in [2.75, 3.05) is 19.7 Å². The highest BCUT2D eigenvalue weighted by molar-refractivity contribution is 5.85. The molecular formula is C16H22FN2O3+. The molecule has 1 aliphatic rings. The number of rotatable bonds is 6. The monoisotopic (exact) mass is 309 g/mol. The Morgan fingerprint density at radius 3 is 2.82 bits per heavy atom. The molecule has 1 aromatic rings. The molecule has 22 heavy (non-hydrogen) atoms. The molecule has 1 fully saturated rings. The number of hydrogen-bond acceptors (Lipinski definition) is 3. The Morgan fingerprint density at radius 1 is 1.41 bits per heavy atom. The number of benzene rings is 1. The van der Waals surface area contributed by atoms with Crippen LogP contribution in [0.5, 0.6) is 0 Å². The van der Waals surface area contributed by atoms with Gasteiger partial charge in [0.15, 0.2) is 6.04 Å². The summed E-state index contributed by atoms with van der Waals surface area (Å²) in [6.45, 7) is 4.19. The number of amides is 1. The van der Waals surface area contributed by atoms with Crippen molar-refractivity contribution >= 4 is 11.9 Å². The smallest absolute Gasteiger partial charge is 0.312 e. The van der Waals surface area contributed by atoms with E-state index in [1.54, 1.807) is 12.1 Å². The number of carbonyl (C=O) groups excluding carboxylic acids is 2. The standard InChI is InChI=1S/C16H21FN2O3/c1-2-9-22-15(20)10-14-16(21)18-7-8-19(14)11-12-3-5-13(17)6-4-12/h3-6,14H,2,7-11H2,1H3,(H,18,21)/p+1/t14-/m1/s1. The van der Waals surface area contributed by atoms with E-state index in [2.05, 4.69) is 5.32 Å². The largest absolute Gasteiger partial charge is 0.466 e. The maximum atomic E-state index is 13.0. The van der Waals surface area contributed by atoms with Crippen LogP contribution >= 0.6 is 0 Å². The number of quaternary nitrogens is 1. The number of nitrogens with one attached hydrogen (secondary N) is 2. The lowest BCUT2D eigenvalue weighted by molar-refractivity contribution is -0.930. The molecule has 0 aliphatic carbocycles. The summed E-state index contributed by atoms with van der Waals surface area (Å²) < 4.78 is 18.0. The van der Waals surface area contributed by atoms with E-state index >= 15 is 0 Å². The van der Waals surface area contributed by atoms with E-state index in [9.17, 15) is 14.0 Å². The minimum absolute atomic E-state index is 0.0718. The predicted octanol–water partition coefficient (Wildman–Crippen LogP) is 0.0523. The second-order valence-electron chi connectivity index (χ2n) is 5.48. The molecule has 0 radical (unpaired) electrons. The van der Waals surface area contributed by atoms with Crippen LogP contribution in [0.15, 0.2) is 24.3 Å². The van der Waals surface area contributed by atoms with E-state index in [1.165, 1.54) is 12.1 Å². The number of ether oxygens (including phenoxy) is 1. The van der Waals surface area contributed by atoms with Crippen LogP contribution in [-0.2, 0) is 20.9 Å². The minimum atomic E-state index is -0.455. The van der Waals surface area contributed by atoms with Crippen molar-refractivity contribution in [2.45, 2.75) is 32.4 Å². The van der Waals surface area contributed by atoms with Crippen molar-refractivity contribution in [3.63, 3.8) is 0 Å². The quantitative estimate of drug-likeness (QED) is 0.730. The normalized spacial score (nSPS) is 21.3. The molecule has 1 amide bonds.